The number of carbonyl (C=O) groups is 2. The van der Waals surface area contributed by atoms with Crippen LogP contribution in [0.5, 0.6) is 0 Å². The predicted molar refractivity (Wildman–Crippen MR) is 77.9 cm³/mol. The van der Waals surface area contributed by atoms with Gasteiger partial charge in [0.1, 0.15) is 5.25 Å². The summed E-state index contributed by atoms with van der Waals surface area (Å²) in [6.07, 6.45) is 0.303. The molecule has 20 heavy (non-hydrogen) atoms. The number of aliphatic carboxylic acids is 1. The Balaban J connectivity index is 2.64. The van der Waals surface area contributed by atoms with E-state index >= 15 is 0 Å². The molecular weight excluding hydrogens is 278 g/mol. The van der Waals surface area contributed by atoms with Crippen LogP contribution in [0.4, 0.5) is 0 Å². The SMILES string of the molecule is CN(C)C(=O)CCS(=O)C(Cc1ccccc1)C(=O)O. The molecule has 0 aliphatic rings. The van der Waals surface area contributed by atoms with Crippen LogP contribution >= 0.6 is 0 Å². The highest BCUT2D eigenvalue weighted by atomic mass is 32.2. The maximum absolute atomic E-state index is 12.1. The summed E-state index contributed by atoms with van der Waals surface area (Å²) < 4.78 is 12.1. The van der Waals surface area contributed by atoms with Crippen LogP contribution in [-0.4, -0.2) is 51.2 Å². The minimum atomic E-state index is -1.57. The molecule has 1 rings (SSSR count). The molecule has 0 spiro atoms. The molecule has 0 aliphatic carbocycles. The molecular formula is C14H19NO4S. The Morgan fingerprint density at radius 3 is 2.35 bits per heavy atom. The van der Waals surface area contributed by atoms with Crippen molar-refractivity contribution in [1.82, 2.24) is 4.90 Å². The fourth-order valence-corrected chi connectivity index (χ4v) is 2.94. The summed E-state index contributed by atoms with van der Waals surface area (Å²) in [4.78, 5) is 24.1. The lowest BCUT2D eigenvalue weighted by Crippen LogP contribution is -2.31. The number of hydrogen-bond donors (Lipinski definition) is 1. The Hall–Kier alpha value is -1.69. The molecule has 0 bridgehead atoms. The van der Waals surface area contributed by atoms with Crippen molar-refractivity contribution in [3.8, 4) is 0 Å². The van der Waals surface area contributed by atoms with E-state index in [0.717, 1.165) is 5.56 Å². The van der Waals surface area contributed by atoms with Crippen molar-refractivity contribution in [2.24, 2.45) is 0 Å². The van der Waals surface area contributed by atoms with Crippen LogP contribution in [0, 0.1) is 0 Å². The third-order valence-electron chi connectivity index (χ3n) is 2.87. The molecule has 1 N–H and O–H groups in total. The van der Waals surface area contributed by atoms with E-state index in [9.17, 15) is 18.9 Å². The summed E-state index contributed by atoms with van der Waals surface area (Å²) in [5, 5.41) is 8.21. The summed E-state index contributed by atoms with van der Waals surface area (Å²) in [6, 6.07) is 9.07. The van der Waals surface area contributed by atoms with Crippen LogP contribution in [0.1, 0.15) is 12.0 Å². The molecule has 0 radical (unpaired) electrons. The Labute approximate surface area is 121 Å². The van der Waals surface area contributed by atoms with Gasteiger partial charge in [-0.2, -0.15) is 0 Å². The first-order valence-electron chi connectivity index (χ1n) is 6.26. The molecule has 2 unspecified atom stereocenters. The Morgan fingerprint density at radius 2 is 1.85 bits per heavy atom. The van der Waals surface area contributed by atoms with Gasteiger partial charge in [-0.1, -0.05) is 30.3 Å². The summed E-state index contributed by atoms with van der Waals surface area (Å²) in [5.41, 5.74) is 0.826. The zero-order valence-electron chi connectivity index (χ0n) is 11.6. The highest BCUT2D eigenvalue weighted by Gasteiger charge is 2.25. The molecule has 1 amide bonds. The molecule has 5 nitrogen and oxygen atoms in total. The summed E-state index contributed by atoms with van der Waals surface area (Å²) in [5.74, 6) is -1.17. The van der Waals surface area contributed by atoms with Gasteiger partial charge in [-0.15, -0.1) is 0 Å². The second-order valence-electron chi connectivity index (χ2n) is 4.64. The van der Waals surface area contributed by atoms with Crippen LogP contribution in [0.3, 0.4) is 0 Å². The molecule has 110 valence electrons. The molecule has 0 aliphatic heterocycles. The van der Waals surface area contributed by atoms with Crippen molar-refractivity contribution in [1.29, 1.82) is 0 Å². The average molecular weight is 297 g/mol. The van der Waals surface area contributed by atoms with Crippen LogP contribution in [-0.2, 0) is 26.8 Å². The Morgan fingerprint density at radius 1 is 1.25 bits per heavy atom. The molecule has 0 aromatic heterocycles. The number of rotatable bonds is 7. The average Bonchev–Trinajstić information content (AvgIpc) is 2.42. The van der Waals surface area contributed by atoms with E-state index < -0.39 is 22.0 Å². The third kappa shape index (κ3) is 5.13. The predicted octanol–water partition coefficient (Wildman–Crippen LogP) is 0.909. The van der Waals surface area contributed by atoms with E-state index in [0.29, 0.717) is 0 Å². The first kappa shape index (κ1) is 16.4. The van der Waals surface area contributed by atoms with Crippen LogP contribution in [0.25, 0.3) is 0 Å². The highest BCUT2D eigenvalue weighted by Crippen LogP contribution is 2.10. The minimum Gasteiger partial charge on any atom is -0.480 e. The quantitative estimate of drug-likeness (QED) is 0.812. The second-order valence-corrected chi connectivity index (χ2v) is 6.38. The summed E-state index contributed by atoms with van der Waals surface area (Å²) in [7, 11) is 1.66. The van der Waals surface area contributed by atoms with Gasteiger partial charge in [0.15, 0.2) is 0 Å². The standard InChI is InChI=1S/C14H19NO4S/c1-15(2)13(16)8-9-20(19)12(14(17)18)10-11-6-4-3-5-7-11/h3-7,12H,8-10H2,1-2H3,(H,17,18). The molecule has 1 aromatic rings. The molecule has 2 atom stereocenters. The number of nitrogens with zero attached hydrogens (tertiary/aromatic N) is 1. The van der Waals surface area contributed by atoms with Crippen LogP contribution < -0.4 is 0 Å². The van der Waals surface area contributed by atoms with Crippen molar-refractivity contribution in [3.63, 3.8) is 0 Å². The van der Waals surface area contributed by atoms with Gasteiger partial charge >= 0.3 is 5.97 Å². The topological polar surface area (TPSA) is 74.7 Å². The Kier molecular flexibility index (Phi) is 6.38. The van der Waals surface area contributed by atoms with Crippen molar-refractivity contribution in [2.45, 2.75) is 18.1 Å². The van der Waals surface area contributed by atoms with Crippen molar-refractivity contribution >= 4 is 22.7 Å². The first-order valence-corrected chi connectivity index (χ1v) is 7.64. The zero-order chi connectivity index (χ0) is 15.1. The summed E-state index contributed by atoms with van der Waals surface area (Å²) in [6.45, 7) is 0. The van der Waals surface area contributed by atoms with Gasteiger partial charge in [0.2, 0.25) is 5.91 Å². The van der Waals surface area contributed by atoms with Gasteiger partial charge in [0.05, 0.1) is 0 Å². The van der Waals surface area contributed by atoms with Crippen molar-refractivity contribution in [3.05, 3.63) is 35.9 Å². The largest absolute Gasteiger partial charge is 0.480 e. The number of carboxylic acids is 1. The normalized spacial score (nSPS) is 13.5. The fraction of sp³-hybridized carbons (Fsp3) is 0.429. The number of amides is 1. The van der Waals surface area contributed by atoms with E-state index in [1.165, 1.54) is 4.90 Å². The van der Waals surface area contributed by atoms with Crippen molar-refractivity contribution < 1.29 is 18.9 Å². The van der Waals surface area contributed by atoms with Gasteiger partial charge in [0.25, 0.3) is 0 Å². The lowest BCUT2D eigenvalue weighted by atomic mass is 10.1. The molecule has 0 heterocycles. The second kappa shape index (κ2) is 7.79. The van der Waals surface area contributed by atoms with Gasteiger partial charge < -0.3 is 10.0 Å². The van der Waals surface area contributed by atoms with Gasteiger partial charge in [-0.05, 0) is 12.0 Å². The third-order valence-corrected chi connectivity index (χ3v) is 4.48. The number of hydrogen-bond acceptors (Lipinski definition) is 3. The number of carbonyl (C=O) groups excluding carboxylic acids is 1. The molecule has 0 saturated heterocycles. The molecule has 0 saturated carbocycles. The van der Waals surface area contributed by atoms with E-state index in [1.807, 2.05) is 18.2 Å². The van der Waals surface area contributed by atoms with E-state index in [4.69, 9.17) is 0 Å². The molecule has 0 fully saturated rings. The van der Waals surface area contributed by atoms with Crippen LogP contribution in [0.2, 0.25) is 0 Å². The smallest absolute Gasteiger partial charge is 0.319 e. The maximum Gasteiger partial charge on any atom is 0.319 e. The van der Waals surface area contributed by atoms with E-state index in [2.05, 4.69) is 0 Å². The highest BCUT2D eigenvalue weighted by molar-refractivity contribution is 7.86. The van der Waals surface area contributed by atoms with Crippen molar-refractivity contribution in [2.75, 3.05) is 19.8 Å². The minimum absolute atomic E-state index is 0.0703. The number of benzene rings is 1. The fourth-order valence-electron chi connectivity index (χ4n) is 1.67. The van der Waals surface area contributed by atoms with Crippen LogP contribution in [0.15, 0.2) is 30.3 Å². The molecule has 1 aromatic carbocycles. The summed E-state index contributed by atoms with van der Waals surface area (Å²) >= 11 is 0. The maximum atomic E-state index is 12.1. The monoisotopic (exact) mass is 297 g/mol. The van der Waals surface area contributed by atoms with Gasteiger partial charge in [-0.25, -0.2) is 0 Å². The molecule has 6 heteroatoms. The first-order chi connectivity index (χ1) is 9.41. The Bertz CT molecular complexity index is 487. The van der Waals surface area contributed by atoms with Gasteiger partial charge in [0, 0.05) is 37.1 Å². The van der Waals surface area contributed by atoms with E-state index in [-0.39, 0.29) is 24.5 Å². The lowest BCUT2D eigenvalue weighted by molar-refractivity contribution is -0.136. The van der Waals surface area contributed by atoms with Gasteiger partial charge in [-0.3, -0.25) is 13.8 Å². The number of carboxylic acid groups (broad SMARTS) is 1. The lowest BCUT2D eigenvalue weighted by Gasteiger charge is -2.14. The van der Waals surface area contributed by atoms with E-state index in [1.54, 1.807) is 26.2 Å². The zero-order valence-corrected chi connectivity index (χ0v) is 12.4.